The Balaban J connectivity index is 1.57. The lowest BCUT2D eigenvalue weighted by molar-refractivity contribution is -0.0714. The summed E-state index contributed by atoms with van der Waals surface area (Å²) in [6.45, 7) is 6.50. The summed E-state index contributed by atoms with van der Waals surface area (Å²) in [5.74, 6) is 0. The van der Waals surface area contributed by atoms with Gasteiger partial charge in [-0.05, 0) is 42.1 Å². The van der Waals surface area contributed by atoms with E-state index in [1.807, 2.05) is 12.4 Å². The molecule has 1 aromatic heterocycles. The van der Waals surface area contributed by atoms with Crippen molar-refractivity contribution in [2.24, 2.45) is 5.41 Å². The molecule has 3 nitrogen and oxygen atoms in total. The molecule has 0 atom stereocenters. The smallest absolute Gasteiger partial charge is 0.316 e. The Bertz CT molecular complexity index is 421. The molecule has 3 rings (SSSR count). The summed E-state index contributed by atoms with van der Waals surface area (Å²) >= 11 is 0. The Labute approximate surface area is 109 Å². The van der Waals surface area contributed by atoms with E-state index in [0.29, 0.717) is 17.5 Å². The quantitative estimate of drug-likeness (QED) is 0.801. The third kappa shape index (κ3) is 2.11. The average molecular weight is 246 g/mol. The van der Waals surface area contributed by atoms with Crippen LogP contribution in [0.25, 0.3) is 0 Å². The minimum absolute atomic E-state index is 0.102. The van der Waals surface area contributed by atoms with Crippen molar-refractivity contribution in [2.75, 3.05) is 0 Å². The topological polar surface area (TPSA) is 35.0 Å². The van der Waals surface area contributed by atoms with Gasteiger partial charge in [-0.15, -0.1) is 0 Å². The Hall–Kier alpha value is -1.12. The first-order chi connectivity index (χ1) is 8.47. The fraction of sp³-hybridized carbons (Fsp3) is 0.733. The summed E-state index contributed by atoms with van der Waals surface area (Å²) < 4.78 is 5.83. The third-order valence-electron chi connectivity index (χ3n) is 4.50. The molecule has 0 N–H and O–H groups in total. The molecule has 0 radical (unpaired) electrons. The van der Waals surface area contributed by atoms with Crippen LogP contribution in [-0.4, -0.2) is 16.1 Å². The summed E-state index contributed by atoms with van der Waals surface area (Å²) in [6.07, 6.45) is 10.7. The second-order valence-corrected chi connectivity index (χ2v) is 7.01. The molecule has 0 aromatic carbocycles. The Morgan fingerprint density at radius 2 is 1.78 bits per heavy atom. The Morgan fingerprint density at radius 1 is 1.17 bits per heavy atom. The number of ether oxygens (including phenoxy) is 1. The van der Waals surface area contributed by atoms with Gasteiger partial charge >= 0.3 is 6.01 Å². The van der Waals surface area contributed by atoms with Crippen molar-refractivity contribution in [3.8, 4) is 6.01 Å². The number of nitrogens with zero attached hydrogens (tertiary/aromatic N) is 2. The summed E-state index contributed by atoms with van der Waals surface area (Å²) in [7, 11) is 0. The van der Waals surface area contributed by atoms with E-state index in [1.165, 1.54) is 32.1 Å². The van der Waals surface area contributed by atoms with Crippen LogP contribution in [0.4, 0.5) is 0 Å². The third-order valence-corrected chi connectivity index (χ3v) is 4.50. The van der Waals surface area contributed by atoms with Crippen molar-refractivity contribution in [3.05, 3.63) is 18.0 Å². The molecular formula is C15H22N2O. The zero-order valence-electron chi connectivity index (χ0n) is 11.6. The molecular weight excluding hydrogens is 224 g/mol. The van der Waals surface area contributed by atoms with Crippen LogP contribution in [0.2, 0.25) is 0 Å². The van der Waals surface area contributed by atoms with E-state index < -0.39 is 0 Å². The molecule has 0 bridgehead atoms. The van der Waals surface area contributed by atoms with Crippen LogP contribution in [0.1, 0.15) is 58.4 Å². The zero-order chi connectivity index (χ0) is 12.8. The van der Waals surface area contributed by atoms with Gasteiger partial charge in [-0.1, -0.05) is 27.2 Å². The number of hydrogen-bond donors (Lipinski definition) is 0. The second-order valence-electron chi connectivity index (χ2n) is 7.01. The maximum absolute atomic E-state index is 5.83. The molecule has 1 spiro atoms. The van der Waals surface area contributed by atoms with Crippen LogP contribution in [0, 0.1) is 5.41 Å². The van der Waals surface area contributed by atoms with E-state index in [1.54, 1.807) is 0 Å². The van der Waals surface area contributed by atoms with Crippen LogP contribution in [-0.2, 0) is 5.41 Å². The van der Waals surface area contributed by atoms with Gasteiger partial charge in [-0.3, -0.25) is 0 Å². The van der Waals surface area contributed by atoms with E-state index in [9.17, 15) is 0 Å². The number of rotatable bonds is 2. The predicted octanol–water partition coefficient (Wildman–Crippen LogP) is 3.49. The molecule has 0 unspecified atom stereocenters. The maximum atomic E-state index is 5.83. The number of aromatic nitrogens is 2. The van der Waals surface area contributed by atoms with E-state index in [-0.39, 0.29) is 5.41 Å². The van der Waals surface area contributed by atoms with E-state index in [0.717, 1.165) is 5.56 Å². The van der Waals surface area contributed by atoms with Gasteiger partial charge in [-0.2, -0.15) is 0 Å². The lowest BCUT2D eigenvalue weighted by Gasteiger charge is -2.53. The van der Waals surface area contributed by atoms with Crippen molar-refractivity contribution >= 4 is 0 Å². The SMILES string of the molecule is CC(C)(C)c1cnc(OC2CC3(CCC3)C2)nc1. The molecule has 2 aliphatic rings. The molecule has 18 heavy (non-hydrogen) atoms. The zero-order valence-corrected chi connectivity index (χ0v) is 11.6. The van der Waals surface area contributed by atoms with Crippen LogP contribution in [0.5, 0.6) is 6.01 Å². The molecule has 1 aromatic rings. The van der Waals surface area contributed by atoms with Crippen LogP contribution < -0.4 is 4.74 Å². The molecule has 98 valence electrons. The van der Waals surface area contributed by atoms with Crippen molar-refractivity contribution in [1.82, 2.24) is 9.97 Å². The van der Waals surface area contributed by atoms with Gasteiger partial charge in [0.05, 0.1) is 0 Å². The Morgan fingerprint density at radius 3 is 2.22 bits per heavy atom. The Kier molecular flexibility index (Phi) is 2.61. The first kappa shape index (κ1) is 11.9. The molecule has 3 heteroatoms. The maximum Gasteiger partial charge on any atom is 0.316 e. The van der Waals surface area contributed by atoms with Gasteiger partial charge in [0.15, 0.2) is 0 Å². The molecule has 2 aliphatic carbocycles. The van der Waals surface area contributed by atoms with Gasteiger partial charge in [0, 0.05) is 12.4 Å². The fourth-order valence-corrected chi connectivity index (χ4v) is 2.99. The first-order valence-corrected chi connectivity index (χ1v) is 6.96. The minimum atomic E-state index is 0.102. The molecule has 2 fully saturated rings. The van der Waals surface area contributed by atoms with Gasteiger partial charge in [0.25, 0.3) is 0 Å². The van der Waals surface area contributed by atoms with Crippen molar-refractivity contribution in [1.29, 1.82) is 0 Å². The molecule has 1 heterocycles. The van der Waals surface area contributed by atoms with Crippen LogP contribution in [0.15, 0.2) is 12.4 Å². The number of hydrogen-bond acceptors (Lipinski definition) is 3. The minimum Gasteiger partial charge on any atom is -0.460 e. The van der Waals surface area contributed by atoms with Gasteiger partial charge in [0.2, 0.25) is 0 Å². The average Bonchev–Trinajstić information content (AvgIpc) is 2.19. The summed E-state index contributed by atoms with van der Waals surface area (Å²) in [4.78, 5) is 8.65. The highest BCUT2D eigenvalue weighted by Gasteiger charge is 2.49. The molecule has 0 amide bonds. The lowest BCUT2D eigenvalue weighted by atomic mass is 9.55. The van der Waals surface area contributed by atoms with Gasteiger partial charge in [-0.25, -0.2) is 9.97 Å². The molecule has 0 saturated heterocycles. The normalized spacial score (nSPS) is 22.4. The monoisotopic (exact) mass is 246 g/mol. The van der Waals surface area contributed by atoms with Crippen molar-refractivity contribution in [3.63, 3.8) is 0 Å². The standard InChI is InChI=1S/C15H22N2O/c1-14(2,3)11-9-16-13(17-10-11)18-12-7-15(8-12)5-4-6-15/h9-10,12H,4-8H2,1-3H3. The molecule has 0 aliphatic heterocycles. The van der Waals surface area contributed by atoms with E-state index >= 15 is 0 Å². The van der Waals surface area contributed by atoms with Crippen LogP contribution in [0.3, 0.4) is 0 Å². The van der Waals surface area contributed by atoms with Gasteiger partial charge in [0.1, 0.15) is 6.10 Å². The van der Waals surface area contributed by atoms with Gasteiger partial charge < -0.3 is 4.74 Å². The van der Waals surface area contributed by atoms with Crippen LogP contribution >= 0.6 is 0 Å². The second kappa shape index (κ2) is 3.94. The summed E-state index contributed by atoms with van der Waals surface area (Å²) in [6, 6.07) is 0.544. The largest absolute Gasteiger partial charge is 0.460 e. The van der Waals surface area contributed by atoms with E-state index in [2.05, 4.69) is 30.7 Å². The highest BCUT2D eigenvalue weighted by atomic mass is 16.5. The molecule has 2 saturated carbocycles. The summed E-state index contributed by atoms with van der Waals surface area (Å²) in [5, 5.41) is 0. The fourth-order valence-electron chi connectivity index (χ4n) is 2.99. The highest BCUT2D eigenvalue weighted by Crippen LogP contribution is 2.56. The predicted molar refractivity (Wildman–Crippen MR) is 70.7 cm³/mol. The van der Waals surface area contributed by atoms with E-state index in [4.69, 9.17) is 4.74 Å². The van der Waals surface area contributed by atoms with Crippen molar-refractivity contribution < 1.29 is 4.74 Å². The lowest BCUT2D eigenvalue weighted by Crippen LogP contribution is -2.48. The highest BCUT2D eigenvalue weighted by molar-refractivity contribution is 5.17. The first-order valence-electron chi connectivity index (χ1n) is 6.96. The summed E-state index contributed by atoms with van der Waals surface area (Å²) in [5.41, 5.74) is 1.90. The van der Waals surface area contributed by atoms with Crippen molar-refractivity contribution in [2.45, 2.75) is 64.4 Å².